The third kappa shape index (κ3) is 2.51. The second kappa shape index (κ2) is 5.86. The van der Waals surface area contributed by atoms with Gasteiger partial charge in [-0.05, 0) is 44.8 Å². The molecule has 0 saturated carbocycles. The van der Waals surface area contributed by atoms with Crippen molar-refractivity contribution in [2.24, 2.45) is 5.92 Å². The van der Waals surface area contributed by atoms with Gasteiger partial charge in [0.05, 0.1) is 5.88 Å². The van der Waals surface area contributed by atoms with Gasteiger partial charge in [0.15, 0.2) is 11.6 Å². The molecule has 20 heavy (non-hydrogen) atoms. The van der Waals surface area contributed by atoms with Crippen molar-refractivity contribution in [1.29, 1.82) is 0 Å². The smallest absolute Gasteiger partial charge is 0.170 e. The van der Waals surface area contributed by atoms with E-state index in [4.69, 9.17) is 11.6 Å². The van der Waals surface area contributed by atoms with Crippen LogP contribution in [0.3, 0.4) is 0 Å². The Morgan fingerprint density at radius 1 is 1.40 bits per heavy atom. The van der Waals surface area contributed by atoms with Gasteiger partial charge in [-0.15, -0.1) is 11.6 Å². The number of anilines is 1. The lowest BCUT2D eigenvalue weighted by Gasteiger charge is -2.46. The molecular formula is C15H21ClFN3. The lowest BCUT2D eigenvalue weighted by molar-refractivity contribution is 0.102. The minimum atomic E-state index is -0.245. The number of hydrogen-bond donors (Lipinski definition) is 0. The van der Waals surface area contributed by atoms with Crippen molar-refractivity contribution >= 4 is 17.4 Å². The maximum Gasteiger partial charge on any atom is 0.170 e. The molecule has 3 nitrogen and oxygen atoms in total. The zero-order valence-corrected chi connectivity index (χ0v) is 12.6. The molecule has 1 aromatic heterocycles. The molecule has 2 unspecified atom stereocenters. The SMILES string of the molecule is CN1CCCC2CN(c3nccc(CCl)c3F)CCC21. The Hall–Kier alpha value is -0.870. The Labute approximate surface area is 124 Å². The van der Waals surface area contributed by atoms with Crippen LogP contribution in [0, 0.1) is 11.7 Å². The van der Waals surface area contributed by atoms with Crippen LogP contribution in [0.1, 0.15) is 24.8 Å². The minimum Gasteiger partial charge on any atom is -0.354 e. The zero-order valence-electron chi connectivity index (χ0n) is 11.9. The van der Waals surface area contributed by atoms with Gasteiger partial charge in [0.25, 0.3) is 0 Å². The molecule has 3 rings (SSSR count). The lowest BCUT2D eigenvalue weighted by atomic mass is 9.84. The highest BCUT2D eigenvalue weighted by atomic mass is 35.5. The largest absolute Gasteiger partial charge is 0.354 e. The van der Waals surface area contributed by atoms with E-state index < -0.39 is 0 Å². The van der Waals surface area contributed by atoms with Gasteiger partial charge < -0.3 is 9.80 Å². The number of aromatic nitrogens is 1. The first-order chi connectivity index (χ1) is 9.70. The van der Waals surface area contributed by atoms with Crippen molar-refractivity contribution in [2.75, 3.05) is 31.6 Å². The van der Waals surface area contributed by atoms with Crippen molar-refractivity contribution in [3.63, 3.8) is 0 Å². The fraction of sp³-hybridized carbons (Fsp3) is 0.667. The van der Waals surface area contributed by atoms with E-state index in [9.17, 15) is 4.39 Å². The first-order valence-electron chi connectivity index (χ1n) is 7.35. The third-order valence-electron chi connectivity index (χ3n) is 4.74. The van der Waals surface area contributed by atoms with E-state index in [0.717, 1.165) is 19.5 Å². The summed E-state index contributed by atoms with van der Waals surface area (Å²) >= 11 is 5.78. The molecule has 1 aromatic rings. The molecule has 3 heterocycles. The van der Waals surface area contributed by atoms with E-state index in [-0.39, 0.29) is 11.7 Å². The zero-order chi connectivity index (χ0) is 14.1. The van der Waals surface area contributed by atoms with E-state index >= 15 is 0 Å². The van der Waals surface area contributed by atoms with Crippen LogP contribution in [0.15, 0.2) is 12.3 Å². The van der Waals surface area contributed by atoms with Crippen molar-refractivity contribution < 1.29 is 4.39 Å². The number of pyridine rings is 1. The van der Waals surface area contributed by atoms with E-state index in [1.54, 1.807) is 12.3 Å². The first kappa shape index (κ1) is 14.1. The summed E-state index contributed by atoms with van der Waals surface area (Å²) < 4.78 is 14.4. The number of fused-ring (bicyclic) bond motifs is 1. The van der Waals surface area contributed by atoms with Gasteiger partial charge in [-0.25, -0.2) is 9.37 Å². The molecule has 0 aromatic carbocycles. The molecule has 110 valence electrons. The quantitative estimate of drug-likeness (QED) is 0.783. The molecule has 0 spiro atoms. The number of halogens is 2. The minimum absolute atomic E-state index is 0.198. The molecule has 0 amide bonds. The van der Waals surface area contributed by atoms with E-state index in [2.05, 4.69) is 21.8 Å². The molecule has 2 atom stereocenters. The Bertz CT molecular complexity index is 482. The van der Waals surface area contributed by atoms with E-state index in [1.165, 1.54) is 19.4 Å². The Balaban J connectivity index is 1.79. The van der Waals surface area contributed by atoms with Crippen molar-refractivity contribution in [2.45, 2.75) is 31.2 Å². The van der Waals surface area contributed by atoms with Crippen LogP contribution >= 0.6 is 11.6 Å². The fourth-order valence-corrected chi connectivity index (χ4v) is 3.85. The van der Waals surface area contributed by atoms with Crippen LogP contribution in [0.5, 0.6) is 0 Å². The topological polar surface area (TPSA) is 19.4 Å². The Morgan fingerprint density at radius 2 is 2.25 bits per heavy atom. The molecule has 0 N–H and O–H groups in total. The normalized spacial score (nSPS) is 27.4. The van der Waals surface area contributed by atoms with Gasteiger partial charge in [0.2, 0.25) is 0 Å². The van der Waals surface area contributed by atoms with Crippen LogP contribution in [-0.4, -0.2) is 42.6 Å². The van der Waals surface area contributed by atoms with Crippen LogP contribution in [-0.2, 0) is 5.88 Å². The molecule has 2 fully saturated rings. The summed E-state index contributed by atoms with van der Waals surface area (Å²) in [6.45, 7) is 2.97. The Morgan fingerprint density at radius 3 is 3.05 bits per heavy atom. The standard InChI is InChI=1S/C15H21ClFN3/c1-19-7-2-3-12-10-20(8-5-13(12)19)15-14(17)11(9-16)4-6-18-15/h4,6,12-13H,2-3,5,7-10H2,1H3. The lowest BCUT2D eigenvalue weighted by Crippen LogP contribution is -2.53. The number of likely N-dealkylation sites (tertiary alicyclic amines) is 1. The predicted molar refractivity (Wildman–Crippen MR) is 79.7 cm³/mol. The first-order valence-corrected chi connectivity index (χ1v) is 7.88. The molecule has 2 aliphatic heterocycles. The van der Waals surface area contributed by atoms with Crippen LogP contribution < -0.4 is 4.90 Å². The fourth-order valence-electron chi connectivity index (χ4n) is 3.64. The number of rotatable bonds is 2. The Kier molecular flexibility index (Phi) is 4.13. The summed E-state index contributed by atoms with van der Waals surface area (Å²) in [5.74, 6) is 1.06. The summed E-state index contributed by atoms with van der Waals surface area (Å²) in [4.78, 5) is 8.81. The highest BCUT2D eigenvalue weighted by Crippen LogP contribution is 2.32. The van der Waals surface area contributed by atoms with Crippen molar-refractivity contribution in [3.8, 4) is 0 Å². The van der Waals surface area contributed by atoms with Gasteiger partial charge in [-0.3, -0.25) is 0 Å². The van der Waals surface area contributed by atoms with Gasteiger partial charge in [0, 0.05) is 30.9 Å². The summed E-state index contributed by atoms with van der Waals surface area (Å²) in [5.41, 5.74) is 0.541. The number of alkyl halides is 1. The maximum atomic E-state index is 14.4. The van der Waals surface area contributed by atoms with Crippen molar-refractivity contribution in [3.05, 3.63) is 23.6 Å². The van der Waals surface area contributed by atoms with Gasteiger partial charge in [-0.1, -0.05) is 0 Å². The second-order valence-corrected chi connectivity index (χ2v) is 6.19. The van der Waals surface area contributed by atoms with Gasteiger partial charge >= 0.3 is 0 Å². The molecular weight excluding hydrogens is 277 g/mol. The molecule has 2 saturated heterocycles. The third-order valence-corrected chi connectivity index (χ3v) is 5.03. The number of nitrogens with zero attached hydrogens (tertiary/aromatic N) is 3. The summed E-state index contributed by atoms with van der Waals surface area (Å²) in [6, 6.07) is 2.31. The molecule has 2 aliphatic rings. The number of hydrogen-bond acceptors (Lipinski definition) is 3. The number of piperidine rings is 2. The molecule has 0 radical (unpaired) electrons. The molecule has 0 aliphatic carbocycles. The average Bonchev–Trinajstić information content (AvgIpc) is 2.47. The summed E-state index contributed by atoms with van der Waals surface area (Å²) in [6.07, 6.45) is 5.23. The highest BCUT2D eigenvalue weighted by molar-refractivity contribution is 6.17. The second-order valence-electron chi connectivity index (χ2n) is 5.93. The van der Waals surface area contributed by atoms with E-state index in [0.29, 0.717) is 23.3 Å². The predicted octanol–water partition coefficient (Wildman–Crippen LogP) is 2.88. The van der Waals surface area contributed by atoms with Gasteiger partial charge in [-0.2, -0.15) is 0 Å². The van der Waals surface area contributed by atoms with E-state index in [1.807, 2.05) is 0 Å². The summed E-state index contributed by atoms with van der Waals surface area (Å²) in [5, 5.41) is 0. The monoisotopic (exact) mass is 297 g/mol. The average molecular weight is 298 g/mol. The summed E-state index contributed by atoms with van der Waals surface area (Å²) in [7, 11) is 2.21. The van der Waals surface area contributed by atoms with Crippen LogP contribution in [0.2, 0.25) is 0 Å². The van der Waals surface area contributed by atoms with Gasteiger partial charge in [0.1, 0.15) is 0 Å². The van der Waals surface area contributed by atoms with Crippen LogP contribution in [0.25, 0.3) is 0 Å². The highest BCUT2D eigenvalue weighted by Gasteiger charge is 2.35. The van der Waals surface area contributed by atoms with Crippen LogP contribution in [0.4, 0.5) is 10.2 Å². The van der Waals surface area contributed by atoms with Crippen molar-refractivity contribution in [1.82, 2.24) is 9.88 Å². The molecule has 5 heteroatoms. The molecule has 0 bridgehead atoms. The maximum absolute atomic E-state index is 14.4.